The third-order valence-corrected chi connectivity index (χ3v) is 8.04. The Morgan fingerprint density at radius 3 is 2.61 bits per heavy atom. The molecule has 0 unspecified atom stereocenters. The molecule has 0 aliphatic carbocycles. The molecule has 0 aromatic heterocycles. The van der Waals surface area contributed by atoms with Crippen LogP contribution in [0.15, 0.2) is 24.3 Å². The topological polar surface area (TPSA) is 86.4 Å². The van der Waals surface area contributed by atoms with Gasteiger partial charge in [0, 0.05) is 59.5 Å². The highest BCUT2D eigenvalue weighted by molar-refractivity contribution is 5.78. The normalized spacial score (nSPS) is 25.2. The highest BCUT2D eigenvalue weighted by Crippen LogP contribution is 2.25. The van der Waals surface area contributed by atoms with Crippen LogP contribution in [0.25, 0.3) is 0 Å². The number of urea groups is 1. The number of nitrogens with one attached hydrogen (secondary N) is 2. The lowest BCUT2D eigenvalue weighted by molar-refractivity contribution is -0.137. The number of nitrogens with zero attached hydrogens (tertiary/aromatic N) is 3. The molecule has 38 heavy (non-hydrogen) atoms. The lowest BCUT2D eigenvalue weighted by Gasteiger charge is -2.42. The lowest BCUT2D eigenvalue weighted by atomic mass is 9.87. The van der Waals surface area contributed by atoms with E-state index in [-0.39, 0.29) is 36.3 Å². The molecule has 3 atom stereocenters. The van der Waals surface area contributed by atoms with E-state index in [4.69, 9.17) is 9.47 Å². The van der Waals surface area contributed by atoms with Gasteiger partial charge in [0.25, 0.3) is 0 Å². The van der Waals surface area contributed by atoms with Crippen LogP contribution in [0.3, 0.4) is 0 Å². The Kier molecular flexibility index (Phi) is 11.2. The van der Waals surface area contributed by atoms with Crippen LogP contribution in [0, 0.1) is 17.7 Å². The first-order valence-electron chi connectivity index (χ1n) is 14.1. The van der Waals surface area contributed by atoms with E-state index in [2.05, 4.69) is 20.4 Å². The molecular formula is C28H44FN5O4. The first-order chi connectivity index (χ1) is 18.5. The van der Waals surface area contributed by atoms with Gasteiger partial charge in [-0.05, 0) is 61.8 Å². The standard InChI is InChI=1S/C28H44FN5O4/c1-37-21-27(35)34-11-8-24(26(20-34)31-28(36)30-9-12-32-13-15-38-16-14-32)19-33-10-2-3-23(18-33)17-22-4-6-25(29)7-5-22/h4-7,23-24,26H,2-3,8-21H2,1H3,(H2,30,31,36)/t23-,24-,26-/m0/s1. The quantitative estimate of drug-likeness (QED) is 0.475. The third kappa shape index (κ3) is 8.90. The molecule has 10 heteroatoms. The summed E-state index contributed by atoms with van der Waals surface area (Å²) in [5.74, 6) is 0.560. The molecule has 4 rings (SSSR count). The number of amides is 3. The highest BCUT2D eigenvalue weighted by Gasteiger charge is 2.34. The van der Waals surface area contributed by atoms with Crippen molar-refractivity contribution in [2.24, 2.45) is 11.8 Å². The summed E-state index contributed by atoms with van der Waals surface area (Å²) in [5.41, 5.74) is 1.18. The number of rotatable bonds is 10. The summed E-state index contributed by atoms with van der Waals surface area (Å²) < 4.78 is 23.8. The number of methoxy groups -OCH3 is 1. The summed E-state index contributed by atoms with van der Waals surface area (Å²) in [6, 6.07) is 6.55. The van der Waals surface area contributed by atoms with E-state index < -0.39 is 0 Å². The van der Waals surface area contributed by atoms with Crippen LogP contribution < -0.4 is 10.6 Å². The number of hydrogen-bond acceptors (Lipinski definition) is 6. The fourth-order valence-corrected chi connectivity index (χ4v) is 5.96. The van der Waals surface area contributed by atoms with Gasteiger partial charge in [-0.25, -0.2) is 9.18 Å². The lowest BCUT2D eigenvalue weighted by Crippen LogP contribution is -2.59. The molecule has 3 saturated heterocycles. The summed E-state index contributed by atoms with van der Waals surface area (Å²) in [5, 5.41) is 6.20. The largest absolute Gasteiger partial charge is 0.379 e. The zero-order chi connectivity index (χ0) is 26.7. The number of benzene rings is 1. The number of halogens is 1. The molecule has 212 valence electrons. The Morgan fingerprint density at radius 1 is 1.05 bits per heavy atom. The van der Waals surface area contributed by atoms with E-state index in [1.807, 2.05) is 17.0 Å². The van der Waals surface area contributed by atoms with E-state index in [1.54, 1.807) is 0 Å². The maximum atomic E-state index is 13.3. The molecule has 2 N–H and O–H groups in total. The number of ether oxygens (including phenoxy) is 2. The Labute approximate surface area is 226 Å². The Balaban J connectivity index is 1.30. The van der Waals surface area contributed by atoms with Gasteiger partial charge in [-0.1, -0.05) is 12.1 Å². The van der Waals surface area contributed by atoms with Crippen molar-refractivity contribution in [2.75, 3.05) is 85.8 Å². The molecule has 0 bridgehead atoms. The predicted molar refractivity (Wildman–Crippen MR) is 143 cm³/mol. The van der Waals surface area contributed by atoms with Crippen molar-refractivity contribution >= 4 is 11.9 Å². The average molecular weight is 534 g/mol. The molecule has 0 radical (unpaired) electrons. The number of hydrogen-bond donors (Lipinski definition) is 2. The predicted octanol–water partition coefficient (Wildman–Crippen LogP) is 1.58. The minimum Gasteiger partial charge on any atom is -0.379 e. The number of carbonyl (C=O) groups is 2. The Bertz CT molecular complexity index is 882. The van der Waals surface area contributed by atoms with Crippen LogP contribution in [0.1, 0.15) is 24.8 Å². The van der Waals surface area contributed by atoms with Crippen molar-refractivity contribution in [2.45, 2.75) is 31.7 Å². The Hall–Kier alpha value is -2.27. The Morgan fingerprint density at radius 2 is 1.84 bits per heavy atom. The molecule has 3 fully saturated rings. The minimum absolute atomic E-state index is 0.0391. The van der Waals surface area contributed by atoms with Gasteiger partial charge in [0.2, 0.25) is 5.91 Å². The van der Waals surface area contributed by atoms with E-state index >= 15 is 0 Å². The van der Waals surface area contributed by atoms with Crippen molar-refractivity contribution in [3.63, 3.8) is 0 Å². The van der Waals surface area contributed by atoms with Crippen molar-refractivity contribution in [1.29, 1.82) is 0 Å². The van der Waals surface area contributed by atoms with Crippen LogP contribution in [-0.2, 0) is 20.7 Å². The molecular weight excluding hydrogens is 489 g/mol. The summed E-state index contributed by atoms with van der Waals surface area (Å²) in [6.45, 7) is 8.80. The van der Waals surface area contributed by atoms with Gasteiger partial charge in [0.1, 0.15) is 12.4 Å². The maximum Gasteiger partial charge on any atom is 0.315 e. The fourth-order valence-electron chi connectivity index (χ4n) is 5.96. The van der Waals surface area contributed by atoms with Gasteiger partial charge in [-0.3, -0.25) is 9.69 Å². The van der Waals surface area contributed by atoms with Crippen LogP contribution >= 0.6 is 0 Å². The number of piperidine rings is 2. The number of morpholine rings is 1. The monoisotopic (exact) mass is 533 g/mol. The van der Waals surface area contributed by atoms with E-state index in [0.717, 1.165) is 71.7 Å². The highest BCUT2D eigenvalue weighted by atomic mass is 19.1. The molecule has 1 aromatic carbocycles. The second kappa shape index (κ2) is 14.8. The molecule has 9 nitrogen and oxygen atoms in total. The SMILES string of the molecule is COCC(=O)N1CC[C@@H](CN2CCC[C@@H](Cc3ccc(F)cc3)C2)[C@@H](NC(=O)NCCN2CCOCC2)C1. The summed E-state index contributed by atoms with van der Waals surface area (Å²) in [7, 11) is 1.53. The fraction of sp³-hybridized carbons (Fsp3) is 0.714. The van der Waals surface area contributed by atoms with E-state index in [0.29, 0.717) is 25.6 Å². The molecule has 3 aliphatic heterocycles. The van der Waals surface area contributed by atoms with Crippen molar-refractivity contribution < 1.29 is 23.5 Å². The molecule has 3 aliphatic rings. The molecule has 1 aromatic rings. The van der Waals surface area contributed by atoms with Gasteiger partial charge in [0.15, 0.2) is 0 Å². The molecule has 3 amide bonds. The van der Waals surface area contributed by atoms with Crippen LogP contribution in [0.4, 0.5) is 9.18 Å². The van der Waals surface area contributed by atoms with Gasteiger partial charge >= 0.3 is 6.03 Å². The first kappa shape index (κ1) is 28.7. The number of carbonyl (C=O) groups excluding carboxylic acids is 2. The first-order valence-corrected chi connectivity index (χ1v) is 14.1. The van der Waals surface area contributed by atoms with Crippen LogP contribution in [0.2, 0.25) is 0 Å². The summed E-state index contributed by atoms with van der Waals surface area (Å²) >= 11 is 0. The minimum atomic E-state index is -0.196. The van der Waals surface area contributed by atoms with E-state index in [9.17, 15) is 14.0 Å². The van der Waals surface area contributed by atoms with Crippen LogP contribution in [-0.4, -0.2) is 119 Å². The second-order valence-corrected chi connectivity index (χ2v) is 10.9. The van der Waals surface area contributed by atoms with Gasteiger partial charge in [-0.15, -0.1) is 0 Å². The van der Waals surface area contributed by atoms with Gasteiger partial charge in [0.05, 0.1) is 19.3 Å². The molecule has 3 heterocycles. The van der Waals surface area contributed by atoms with Crippen molar-refractivity contribution in [3.8, 4) is 0 Å². The summed E-state index contributed by atoms with van der Waals surface area (Å²) in [4.78, 5) is 32.0. The second-order valence-electron chi connectivity index (χ2n) is 10.9. The van der Waals surface area contributed by atoms with Gasteiger partial charge in [-0.2, -0.15) is 0 Å². The van der Waals surface area contributed by atoms with Crippen LogP contribution in [0.5, 0.6) is 0 Å². The molecule has 0 spiro atoms. The van der Waals surface area contributed by atoms with Gasteiger partial charge < -0.3 is 29.9 Å². The maximum absolute atomic E-state index is 13.3. The smallest absolute Gasteiger partial charge is 0.315 e. The summed E-state index contributed by atoms with van der Waals surface area (Å²) in [6.07, 6.45) is 4.10. The van der Waals surface area contributed by atoms with E-state index in [1.165, 1.54) is 31.2 Å². The average Bonchev–Trinajstić information content (AvgIpc) is 2.92. The van der Waals surface area contributed by atoms with Crippen molar-refractivity contribution in [1.82, 2.24) is 25.3 Å². The third-order valence-electron chi connectivity index (χ3n) is 8.04. The van der Waals surface area contributed by atoms with Crippen molar-refractivity contribution in [3.05, 3.63) is 35.6 Å². The zero-order valence-corrected chi connectivity index (χ0v) is 22.7. The molecule has 0 saturated carbocycles. The number of likely N-dealkylation sites (tertiary alicyclic amines) is 2. The zero-order valence-electron chi connectivity index (χ0n) is 22.7.